The first-order valence-corrected chi connectivity index (χ1v) is 15.2. The zero-order valence-electron chi connectivity index (χ0n) is 22.5. The van der Waals surface area contributed by atoms with Crippen LogP contribution in [0.4, 0.5) is 0 Å². The van der Waals surface area contributed by atoms with Gasteiger partial charge in [0.2, 0.25) is 5.91 Å². The number of nitrogens with zero attached hydrogens (tertiary/aromatic N) is 2. The van der Waals surface area contributed by atoms with Crippen LogP contribution in [-0.4, -0.2) is 66.4 Å². The zero-order valence-corrected chi connectivity index (χ0v) is 24.7. The van der Waals surface area contributed by atoms with Crippen LogP contribution in [0.1, 0.15) is 48.0 Å². The van der Waals surface area contributed by atoms with Crippen molar-refractivity contribution in [2.75, 3.05) is 32.7 Å². The van der Waals surface area contributed by atoms with Gasteiger partial charge in [-0.2, -0.15) is 0 Å². The summed E-state index contributed by atoms with van der Waals surface area (Å²) in [5.41, 5.74) is 1.51. The normalized spacial score (nSPS) is 20.5. The molecule has 212 valence electrons. The second-order valence-corrected chi connectivity index (χ2v) is 12.2. The summed E-state index contributed by atoms with van der Waals surface area (Å²) < 4.78 is 0. The van der Waals surface area contributed by atoms with Crippen LogP contribution in [0.2, 0.25) is 15.1 Å². The summed E-state index contributed by atoms with van der Waals surface area (Å²) in [4.78, 5) is 31.1. The predicted octanol–water partition coefficient (Wildman–Crippen LogP) is 6.17. The lowest BCUT2D eigenvalue weighted by Crippen LogP contribution is -2.50. The van der Waals surface area contributed by atoms with Gasteiger partial charge in [-0.25, -0.2) is 0 Å². The number of fused-ring (bicyclic) bond motifs is 1. The standard InChI is InChI=1S/C31H35Cl3N4O2/c32-25-7-6-22-16-24(5-4-23(22)17-25)30(39)35-19-28-8-13-38(20-21-14-26(33)18-27(34)15-21)31(40)29(36-28)9-12-37-10-2-1-3-11-37/h4-7,14-18,28-29,36H,1-3,8-13,19-20H2,(H,35,39)/t28-,29-/m0/s1. The van der Waals surface area contributed by atoms with Crippen LogP contribution in [-0.2, 0) is 11.3 Å². The molecule has 0 unspecified atom stereocenters. The largest absolute Gasteiger partial charge is 0.350 e. The molecule has 9 heteroatoms. The van der Waals surface area contributed by atoms with E-state index in [1.165, 1.54) is 19.3 Å². The highest BCUT2D eigenvalue weighted by Gasteiger charge is 2.31. The third-order valence-corrected chi connectivity index (χ3v) is 8.52. The van der Waals surface area contributed by atoms with Crippen LogP contribution in [0.5, 0.6) is 0 Å². The molecule has 0 aliphatic carbocycles. The van der Waals surface area contributed by atoms with Gasteiger partial charge in [0.15, 0.2) is 0 Å². The van der Waals surface area contributed by atoms with Gasteiger partial charge in [-0.3, -0.25) is 9.59 Å². The molecule has 0 bridgehead atoms. The van der Waals surface area contributed by atoms with E-state index in [1.54, 1.807) is 6.07 Å². The van der Waals surface area contributed by atoms with Crippen molar-refractivity contribution < 1.29 is 9.59 Å². The van der Waals surface area contributed by atoms with Crippen molar-refractivity contribution in [1.82, 2.24) is 20.4 Å². The Morgan fingerprint density at radius 3 is 2.38 bits per heavy atom. The van der Waals surface area contributed by atoms with E-state index in [0.717, 1.165) is 48.8 Å². The fourth-order valence-electron chi connectivity index (χ4n) is 5.70. The third kappa shape index (κ3) is 7.68. The van der Waals surface area contributed by atoms with E-state index in [-0.39, 0.29) is 23.9 Å². The number of piperidine rings is 1. The first kappa shape index (κ1) is 29.2. The quantitative estimate of drug-likeness (QED) is 0.324. The smallest absolute Gasteiger partial charge is 0.251 e. The summed E-state index contributed by atoms with van der Waals surface area (Å²) in [6.07, 6.45) is 5.15. The van der Waals surface area contributed by atoms with Gasteiger partial charge in [-0.1, -0.05) is 53.4 Å². The Labute approximate surface area is 250 Å². The molecule has 2 saturated heterocycles. The molecule has 2 atom stereocenters. The number of carbonyl (C=O) groups is 2. The van der Waals surface area contributed by atoms with Crippen LogP contribution >= 0.6 is 34.8 Å². The van der Waals surface area contributed by atoms with Crippen molar-refractivity contribution >= 4 is 57.4 Å². The molecule has 0 aromatic heterocycles. The van der Waals surface area contributed by atoms with Crippen molar-refractivity contribution in [2.24, 2.45) is 0 Å². The molecule has 3 aromatic carbocycles. The van der Waals surface area contributed by atoms with Crippen LogP contribution in [0.25, 0.3) is 10.8 Å². The second-order valence-electron chi connectivity index (χ2n) is 10.8. The molecule has 5 rings (SSSR count). The number of hydrogen-bond donors (Lipinski definition) is 2. The summed E-state index contributed by atoms with van der Waals surface area (Å²) in [5.74, 6) is -0.0559. The molecular weight excluding hydrogens is 567 g/mol. The molecular formula is C31H35Cl3N4O2. The van der Waals surface area contributed by atoms with E-state index >= 15 is 0 Å². The molecule has 2 aliphatic rings. The highest BCUT2D eigenvalue weighted by atomic mass is 35.5. The van der Waals surface area contributed by atoms with Gasteiger partial charge in [0, 0.05) is 52.9 Å². The molecule has 2 fully saturated rings. The predicted molar refractivity (Wildman–Crippen MR) is 163 cm³/mol. The number of rotatable bonds is 8. The molecule has 40 heavy (non-hydrogen) atoms. The molecule has 3 aromatic rings. The van der Waals surface area contributed by atoms with Crippen molar-refractivity contribution in [3.63, 3.8) is 0 Å². The topological polar surface area (TPSA) is 64.7 Å². The molecule has 0 radical (unpaired) electrons. The SMILES string of the molecule is O=C(NC[C@@H]1CCN(Cc2cc(Cl)cc(Cl)c2)C(=O)[C@H](CCN2CCCCC2)N1)c1ccc2cc(Cl)ccc2c1. The molecule has 6 nitrogen and oxygen atoms in total. The Bertz CT molecular complexity index is 1340. The summed E-state index contributed by atoms with van der Waals surface area (Å²) in [6.45, 7) is 4.50. The highest BCUT2D eigenvalue weighted by Crippen LogP contribution is 2.23. The number of likely N-dealkylation sites (tertiary alicyclic amines) is 1. The van der Waals surface area contributed by atoms with Gasteiger partial charge in [-0.05, 0) is 97.6 Å². The molecule has 0 spiro atoms. The molecule has 2 aliphatic heterocycles. The lowest BCUT2D eigenvalue weighted by atomic mass is 10.1. The Kier molecular flexibility index (Phi) is 9.87. The minimum absolute atomic E-state index is 0.0357. The maximum atomic E-state index is 13.7. The number of carbonyl (C=O) groups excluding carboxylic acids is 2. The van der Waals surface area contributed by atoms with Crippen LogP contribution in [0.3, 0.4) is 0 Å². The summed E-state index contributed by atoms with van der Waals surface area (Å²) in [7, 11) is 0. The number of amides is 2. The fraction of sp³-hybridized carbons (Fsp3) is 0.419. The fourth-order valence-corrected chi connectivity index (χ4v) is 6.45. The monoisotopic (exact) mass is 600 g/mol. The maximum absolute atomic E-state index is 13.7. The van der Waals surface area contributed by atoms with E-state index in [2.05, 4.69) is 15.5 Å². The highest BCUT2D eigenvalue weighted by molar-refractivity contribution is 6.34. The van der Waals surface area contributed by atoms with E-state index < -0.39 is 0 Å². The molecule has 0 saturated carbocycles. The van der Waals surface area contributed by atoms with Gasteiger partial charge >= 0.3 is 0 Å². The number of benzene rings is 3. The van der Waals surface area contributed by atoms with Crippen molar-refractivity contribution in [1.29, 1.82) is 0 Å². The van der Waals surface area contributed by atoms with Gasteiger partial charge in [-0.15, -0.1) is 0 Å². The summed E-state index contributed by atoms with van der Waals surface area (Å²) >= 11 is 18.6. The molecule has 2 N–H and O–H groups in total. The van der Waals surface area contributed by atoms with E-state index in [0.29, 0.717) is 40.3 Å². The summed E-state index contributed by atoms with van der Waals surface area (Å²) in [5, 5.41) is 10.4. The van der Waals surface area contributed by atoms with Gasteiger partial charge in [0.05, 0.1) is 6.04 Å². The van der Waals surface area contributed by atoms with E-state index in [1.807, 2.05) is 53.4 Å². The third-order valence-electron chi connectivity index (χ3n) is 7.85. The van der Waals surface area contributed by atoms with Crippen LogP contribution < -0.4 is 10.6 Å². The van der Waals surface area contributed by atoms with Crippen molar-refractivity contribution in [3.8, 4) is 0 Å². The lowest BCUT2D eigenvalue weighted by Gasteiger charge is -2.30. The first-order valence-electron chi connectivity index (χ1n) is 14.0. The molecule has 2 amide bonds. The summed E-state index contributed by atoms with van der Waals surface area (Å²) in [6, 6.07) is 16.3. The zero-order chi connectivity index (χ0) is 28.1. The Balaban J connectivity index is 1.26. The number of hydrogen-bond acceptors (Lipinski definition) is 4. The van der Waals surface area contributed by atoms with Crippen molar-refractivity contribution in [2.45, 2.75) is 50.7 Å². The van der Waals surface area contributed by atoms with Crippen LogP contribution in [0, 0.1) is 0 Å². The maximum Gasteiger partial charge on any atom is 0.251 e. The Hall–Kier alpha value is -2.35. The lowest BCUT2D eigenvalue weighted by molar-refractivity contribution is -0.133. The number of halogens is 3. The minimum Gasteiger partial charge on any atom is -0.350 e. The van der Waals surface area contributed by atoms with Gasteiger partial charge in [0.25, 0.3) is 5.91 Å². The average molecular weight is 602 g/mol. The number of nitrogens with one attached hydrogen (secondary N) is 2. The minimum atomic E-state index is -0.327. The first-order chi connectivity index (χ1) is 19.3. The van der Waals surface area contributed by atoms with E-state index in [4.69, 9.17) is 34.8 Å². The van der Waals surface area contributed by atoms with Gasteiger partial charge in [0.1, 0.15) is 0 Å². The van der Waals surface area contributed by atoms with Gasteiger partial charge < -0.3 is 20.4 Å². The molecule has 2 heterocycles. The second kappa shape index (κ2) is 13.5. The Morgan fingerprint density at radius 1 is 0.875 bits per heavy atom. The van der Waals surface area contributed by atoms with Crippen molar-refractivity contribution in [3.05, 3.63) is 80.8 Å². The Morgan fingerprint density at radius 2 is 1.60 bits per heavy atom. The van der Waals surface area contributed by atoms with E-state index in [9.17, 15) is 9.59 Å². The van der Waals surface area contributed by atoms with Crippen LogP contribution in [0.15, 0.2) is 54.6 Å². The average Bonchev–Trinajstić information content (AvgIpc) is 3.08.